The van der Waals surface area contributed by atoms with E-state index >= 15 is 0 Å². The molecule has 0 spiro atoms. The molecule has 1 aliphatic heterocycles. The Balaban J connectivity index is 2.50. The molecule has 7 heteroatoms. The molecule has 1 rings (SSSR count). The number of hydrogen-bond acceptors (Lipinski definition) is 4. The number of rotatable bonds is 9. The lowest BCUT2D eigenvalue weighted by molar-refractivity contribution is -0.127. The van der Waals surface area contributed by atoms with Crippen LogP contribution in [-0.2, 0) is 14.4 Å². The minimum absolute atomic E-state index is 0.0335. The molecule has 0 aromatic carbocycles. The molecule has 3 atom stereocenters. The molecule has 1 saturated heterocycles. The van der Waals surface area contributed by atoms with Crippen LogP contribution in [0.1, 0.15) is 32.6 Å². The molecule has 0 aromatic heterocycles. The van der Waals surface area contributed by atoms with E-state index in [0.717, 1.165) is 12.8 Å². The lowest BCUT2D eigenvalue weighted by Crippen LogP contribution is -2.49. The zero-order valence-electron chi connectivity index (χ0n) is 11.7. The lowest BCUT2D eigenvalue weighted by atomic mass is 9.98. The van der Waals surface area contributed by atoms with Crippen molar-refractivity contribution < 1.29 is 19.5 Å². The Labute approximate surface area is 118 Å². The van der Waals surface area contributed by atoms with Crippen molar-refractivity contribution in [3.05, 3.63) is 0 Å². The normalized spacial score (nSPS) is 20.9. The topological polar surface area (TPSA) is 108 Å². The molecule has 1 fully saturated rings. The first-order valence-corrected chi connectivity index (χ1v) is 7.01. The van der Waals surface area contributed by atoms with E-state index in [9.17, 15) is 19.5 Å². The summed E-state index contributed by atoms with van der Waals surface area (Å²) in [5, 5.41) is 17.2. The van der Waals surface area contributed by atoms with Gasteiger partial charge in [-0.25, -0.2) is 0 Å². The molecule has 4 N–H and O–H groups in total. The van der Waals surface area contributed by atoms with Gasteiger partial charge in [0.15, 0.2) is 0 Å². The number of aliphatic hydroxyl groups is 1. The van der Waals surface area contributed by atoms with Gasteiger partial charge in [0.25, 0.3) is 0 Å². The van der Waals surface area contributed by atoms with E-state index in [0.29, 0.717) is 25.8 Å². The third-order valence-corrected chi connectivity index (χ3v) is 3.46. The van der Waals surface area contributed by atoms with Gasteiger partial charge in [-0.2, -0.15) is 0 Å². The molecule has 0 radical (unpaired) electrons. The molecule has 0 saturated carbocycles. The predicted molar refractivity (Wildman–Crippen MR) is 72.6 cm³/mol. The fourth-order valence-electron chi connectivity index (χ4n) is 2.36. The van der Waals surface area contributed by atoms with E-state index in [-0.39, 0.29) is 24.3 Å². The first kappa shape index (κ1) is 16.4. The summed E-state index contributed by atoms with van der Waals surface area (Å²) in [4.78, 5) is 34.0. The van der Waals surface area contributed by atoms with Crippen LogP contribution in [0.5, 0.6) is 0 Å². The highest BCUT2D eigenvalue weighted by atomic mass is 16.3. The van der Waals surface area contributed by atoms with Crippen LogP contribution in [0.25, 0.3) is 0 Å². The number of amides is 3. The molecule has 3 amide bonds. The summed E-state index contributed by atoms with van der Waals surface area (Å²) in [6.45, 7) is 2.33. The molecule has 20 heavy (non-hydrogen) atoms. The first-order valence-electron chi connectivity index (χ1n) is 7.01. The van der Waals surface area contributed by atoms with E-state index in [1.165, 1.54) is 0 Å². The van der Waals surface area contributed by atoms with Gasteiger partial charge in [0, 0.05) is 12.5 Å². The standard InChI is InChI=1S/C13H23N3O4/c1-2-3-11(15-8-18)13(20)16-10(7-17)6-9-4-5-14-12(9)19/h8-11,17H,2-7H2,1H3,(H,14,19)(H,15,18)(H,16,20). The van der Waals surface area contributed by atoms with Crippen LogP contribution in [0.4, 0.5) is 0 Å². The molecule has 0 bridgehead atoms. The van der Waals surface area contributed by atoms with Crippen LogP contribution in [0.3, 0.4) is 0 Å². The van der Waals surface area contributed by atoms with Crippen molar-refractivity contribution in [3.8, 4) is 0 Å². The average Bonchev–Trinajstić information content (AvgIpc) is 2.83. The van der Waals surface area contributed by atoms with Crippen LogP contribution in [0.15, 0.2) is 0 Å². The van der Waals surface area contributed by atoms with Crippen LogP contribution in [0, 0.1) is 5.92 Å². The third-order valence-electron chi connectivity index (χ3n) is 3.46. The van der Waals surface area contributed by atoms with Crippen molar-refractivity contribution >= 4 is 18.2 Å². The number of nitrogens with one attached hydrogen (secondary N) is 3. The highest BCUT2D eigenvalue weighted by Crippen LogP contribution is 2.16. The van der Waals surface area contributed by atoms with E-state index in [2.05, 4.69) is 16.0 Å². The summed E-state index contributed by atoms with van der Waals surface area (Å²) >= 11 is 0. The summed E-state index contributed by atoms with van der Waals surface area (Å²) in [5.74, 6) is -0.527. The number of carbonyl (C=O) groups excluding carboxylic acids is 3. The maximum atomic E-state index is 12.0. The summed E-state index contributed by atoms with van der Waals surface area (Å²) in [6.07, 6.45) is 2.92. The lowest BCUT2D eigenvalue weighted by Gasteiger charge is -2.22. The van der Waals surface area contributed by atoms with Gasteiger partial charge in [-0.05, 0) is 19.3 Å². The van der Waals surface area contributed by atoms with Crippen LogP contribution in [0.2, 0.25) is 0 Å². The SMILES string of the molecule is CCCC(NC=O)C(=O)NC(CO)CC1CCNC1=O. The molecule has 0 aromatic rings. The Morgan fingerprint density at radius 1 is 1.60 bits per heavy atom. The molecule has 1 heterocycles. The second kappa shape index (κ2) is 8.52. The van der Waals surface area contributed by atoms with E-state index in [1.54, 1.807) is 0 Å². The van der Waals surface area contributed by atoms with Crippen LogP contribution >= 0.6 is 0 Å². The largest absolute Gasteiger partial charge is 0.394 e. The monoisotopic (exact) mass is 285 g/mol. The quantitative estimate of drug-likeness (QED) is 0.403. The molecular weight excluding hydrogens is 262 g/mol. The van der Waals surface area contributed by atoms with Crippen LogP contribution in [-0.4, -0.2) is 48.6 Å². The second-order valence-electron chi connectivity index (χ2n) is 5.03. The Morgan fingerprint density at radius 2 is 2.35 bits per heavy atom. The fourth-order valence-corrected chi connectivity index (χ4v) is 2.36. The van der Waals surface area contributed by atoms with Crippen molar-refractivity contribution in [2.45, 2.75) is 44.7 Å². The minimum Gasteiger partial charge on any atom is -0.394 e. The fraction of sp³-hybridized carbons (Fsp3) is 0.769. The number of carbonyl (C=O) groups is 3. The summed E-state index contributed by atoms with van der Waals surface area (Å²) in [6, 6.07) is -1.06. The number of hydrogen-bond donors (Lipinski definition) is 4. The Kier molecular flexibility index (Phi) is 7.00. The molecule has 7 nitrogen and oxygen atoms in total. The zero-order valence-corrected chi connectivity index (χ0v) is 11.7. The maximum Gasteiger partial charge on any atom is 0.242 e. The van der Waals surface area contributed by atoms with Gasteiger partial charge in [-0.1, -0.05) is 13.3 Å². The highest BCUT2D eigenvalue weighted by molar-refractivity contribution is 5.84. The van der Waals surface area contributed by atoms with Gasteiger partial charge in [-0.15, -0.1) is 0 Å². The Morgan fingerprint density at radius 3 is 2.85 bits per heavy atom. The van der Waals surface area contributed by atoms with Gasteiger partial charge in [0.2, 0.25) is 18.2 Å². The van der Waals surface area contributed by atoms with Crippen molar-refractivity contribution in [1.29, 1.82) is 0 Å². The van der Waals surface area contributed by atoms with Gasteiger partial charge < -0.3 is 21.1 Å². The van der Waals surface area contributed by atoms with Gasteiger partial charge >= 0.3 is 0 Å². The summed E-state index contributed by atoms with van der Waals surface area (Å²) < 4.78 is 0. The first-order chi connectivity index (χ1) is 9.62. The van der Waals surface area contributed by atoms with E-state index in [4.69, 9.17) is 0 Å². The molecule has 1 aliphatic rings. The van der Waals surface area contributed by atoms with Gasteiger partial charge in [-0.3, -0.25) is 14.4 Å². The second-order valence-corrected chi connectivity index (χ2v) is 5.03. The Bertz CT molecular complexity index is 349. The summed E-state index contributed by atoms with van der Waals surface area (Å²) in [7, 11) is 0. The van der Waals surface area contributed by atoms with Crippen molar-refractivity contribution in [2.24, 2.45) is 5.92 Å². The maximum absolute atomic E-state index is 12.0. The minimum atomic E-state index is -0.594. The molecule has 114 valence electrons. The molecular formula is C13H23N3O4. The molecule has 0 aliphatic carbocycles. The predicted octanol–water partition coefficient (Wildman–Crippen LogP) is -1.10. The smallest absolute Gasteiger partial charge is 0.242 e. The summed E-state index contributed by atoms with van der Waals surface area (Å²) in [5.41, 5.74) is 0. The van der Waals surface area contributed by atoms with Crippen molar-refractivity contribution in [2.75, 3.05) is 13.2 Å². The Hall–Kier alpha value is -1.63. The molecule has 3 unspecified atom stereocenters. The van der Waals surface area contributed by atoms with Crippen LogP contribution < -0.4 is 16.0 Å². The van der Waals surface area contributed by atoms with E-state index < -0.39 is 12.1 Å². The highest BCUT2D eigenvalue weighted by Gasteiger charge is 2.28. The van der Waals surface area contributed by atoms with Crippen molar-refractivity contribution in [3.63, 3.8) is 0 Å². The number of aliphatic hydroxyl groups excluding tert-OH is 1. The van der Waals surface area contributed by atoms with Gasteiger partial charge in [0.1, 0.15) is 6.04 Å². The average molecular weight is 285 g/mol. The van der Waals surface area contributed by atoms with E-state index in [1.807, 2.05) is 6.92 Å². The van der Waals surface area contributed by atoms with Crippen molar-refractivity contribution in [1.82, 2.24) is 16.0 Å². The zero-order chi connectivity index (χ0) is 15.0. The third kappa shape index (κ3) is 4.80. The van der Waals surface area contributed by atoms with Gasteiger partial charge in [0.05, 0.1) is 12.6 Å².